The van der Waals surface area contributed by atoms with Gasteiger partial charge in [0, 0.05) is 23.7 Å². The highest BCUT2D eigenvalue weighted by molar-refractivity contribution is 5.94. The number of aryl methyl sites for hydroxylation is 2. The number of nitrogens with zero attached hydrogens (tertiary/aromatic N) is 1. The Bertz CT molecular complexity index is 454. The molecule has 5 heteroatoms. The summed E-state index contributed by atoms with van der Waals surface area (Å²) in [5.74, 6) is -0.0317. The van der Waals surface area contributed by atoms with Crippen LogP contribution < -0.4 is 5.32 Å². The Morgan fingerprint density at radius 2 is 2.13 bits per heavy atom. The number of nitrogens with one attached hydrogen (secondary N) is 1. The zero-order valence-corrected chi connectivity index (χ0v) is 8.24. The van der Waals surface area contributed by atoms with Crippen molar-refractivity contribution < 1.29 is 9.72 Å². The Balaban J connectivity index is 2.50. The van der Waals surface area contributed by atoms with Crippen molar-refractivity contribution in [1.29, 1.82) is 0 Å². The van der Waals surface area contributed by atoms with Crippen molar-refractivity contribution in [2.45, 2.75) is 19.8 Å². The number of nitro groups is 1. The van der Waals surface area contributed by atoms with Gasteiger partial charge in [-0.15, -0.1) is 0 Å². The largest absolute Gasteiger partial charge is 0.326 e. The molecule has 1 aromatic carbocycles. The van der Waals surface area contributed by atoms with Gasteiger partial charge in [0.05, 0.1) is 4.92 Å². The van der Waals surface area contributed by atoms with Crippen molar-refractivity contribution in [3.63, 3.8) is 0 Å². The molecule has 0 aliphatic carbocycles. The van der Waals surface area contributed by atoms with E-state index in [1.54, 1.807) is 19.1 Å². The summed E-state index contributed by atoms with van der Waals surface area (Å²) < 4.78 is 0. The van der Waals surface area contributed by atoms with Crippen molar-refractivity contribution in [2.24, 2.45) is 0 Å². The second-order valence-corrected chi connectivity index (χ2v) is 3.60. The number of nitro benzene ring substituents is 1. The first-order valence-corrected chi connectivity index (χ1v) is 4.65. The first-order chi connectivity index (χ1) is 7.08. The van der Waals surface area contributed by atoms with Gasteiger partial charge in [0.2, 0.25) is 5.91 Å². The van der Waals surface area contributed by atoms with Crippen LogP contribution in [0.25, 0.3) is 0 Å². The fourth-order valence-electron chi connectivity index (χ4n) is 1.72. The normalized spacial score (nSPS) is 14.3. The van der Waals surface area contributed by atoms with Crippen molar-refractivity contribution in [2.75, 3.05) is 5.32 Å². The van der Waals surface area contributed by atoms with Crippen LogP contribution in [-0.4, -0.2) is 10.8 Å². The summed E-state index contributed by atoms with van der Waals surface area (Å²) >= 11 is 0. The lowest BCUT2D eigenvalue weighted by molar-refractivity contribution is -0.385. The Hall–Kier alpha value is -1.91. The number of carbonyl (C=O) groups excluding carboxylic acids is 1. The van der Waals surface area contributed by atoms with E-state index in [0.717, 1.165) is 5.56 Å². The van der Waals surface area contributed by atoms with E-state index < -0.39 is 4.92 Å². The third kappa shape index (κ3) is 1.68. The molecule has 2 rings (SSSR count). The van der Waals surface area contributed by atoms with E-state index in [9.17, 15) is 14.9 Å². The number of benzene rings is 1. The predicted molar refractivity (Wildman–Crippen MR) is 54.8 cm³/mol. The van der Waals surface area contributed by atoms with Crippen molar-refractivity contribution in [3.8, 4) is 0 Å². The van der Waals surface area contributed by atoms with E-state index in [2.05, 4.69) is 5.32 Å². The molecule has 0 bridgehead atoms. The number of carbonyl (C=O) groups is 1. The molecule has 0 fully saturated rings. The van der Waals surface area contributed by atoms with Gasteiger partial charge in [-0.25, -0.2) is 0 Å². The van der Waals surface area contributed by atoms with E-state index in [-0.39, 0.29) is 11.6 Å². The van der Waals surface area contributed by atoms with Crippen LogP contribution in [0.2, 0.25) is 0 Å². The van der Waals surface area contributed by atoms with E-state index in [1.807, 2.05) is 0 Å². The van der Waals surface area contributed by atoms with Crippen molar-refractivity contribution in [3.05, 3.63) is 33.4 Å². The van der Waals surface area contributed by atoms with Gasteiger partial charge in [-0.05, 0) is 25.0 Å². The van der Waals surface area contributed by atoms with Crippen LogP contribution in [0, 0.1) is 17.0 Å². The lowest BCUT2D eigenvalue weighted by Gasteiger charge is -2.16. The van der Waals surface area contributed by atoms with Crippen LogP contribution in [-0.2, 0) is 11.2 Å². The quantitative estimate of drug-likeness (QED) is 0.562. The van der Waals surface area contributed by atoms with Crippen LogP contribution in [0.3, 0.4) is 0 Å². The maximum absolute atomic E-state index is 11.1. The second kappa shape index (κ2) is 3.34. The average Bonchev–Trinajstić information content (AvgIpc) is 2.15. The molecule has 1 aliphatic rings. The number of fused-ring (bicyclic) bond motifs is 1. The lowest BCUT2D eigenvalue weighted by atomic mass is 10.00. The summed E-state index contributed by atoms with van der Waals surface area (Å²) in [7, 11) is 0. The van der Waals surface area contributed by atoms with Crippen LogP contribution in [0.5, 0.6) is 0 Å². The summed E-state index contributed by atoms with van der Waals surface area (Å²) in [6.07, 6.45) is 0.968. The molecule has 1 N–H and O–H groups in total. The monoisotopic (exact) mass is 206 g/mol. The minimum atomic E-state index is -0.397. The Morgan fingerprint density at radius 3 is 2.80 bits per heavy atom. The molecule has 0 atom stereocenters. The fourth-order valence-corrected chi connectivity index (χ4v) is 1.72. The third-order valence-corrected chi connectivity index (χ3v) is 2.51. The van der Waals surface area contributed by atoms with Gasteiger partial charge in [0.25, 0.3) is 5.69 Å². The van der Waals surface area contributed by atoms with Crippen LogP contribution in [0.4, 0.5) is 11.4 Å². The summed E-state index contributed by atoms with van der Waals surface area (Å²) in [5, 5.41) is 13.4. The highest BCUT2D eigenvalue weighted by atomic mass is 16.6. The fraction of sp³-hybridized carbons (Fsp3) is 0.300. The summed E-state index contributed by atoms with van der Waals surface area (Å²) in [5.41, 5.74) is 2.23. The molecular weight excluding hydrogens is 196 g/mol. The number of anilines is 1. The molecule has 0 aromatic heterocycles. The summed E-state index contributed by atoms with van der Waals surface area (Å²) in [6.45, 7) is 1.67. The van der Waals surface area contributed by atoms with Gasteiger partial charge in [-0.1, -0.05) is 0 Å². The molecule has 0 saturated carbocycles. The standard InChI is InChI=1S/C10H10N2O3/c1-6-4-8-7(2-3-10(13)11-8)5-9(6)12(14)15/h4-5H,2-3H2,1H3,(H,11,13). The Kier molecular flexibility index (Phi) is 2.15. The van der Waals surface area contributed by atoms with Gasteiger partial charge in [-0.3, -0.25) is 14.9 Å². The van der Waals surface area contributed by atoms with E-state index in [4.69, 9.17) is 0 Å². The zero-order valence-electron chi connectivity index (χ0n) is 8.24. The molecule has 1 heterocycles. The summed E-state index contributed by atoms with van der Waals surface area (Å²) in [6, 6.07) is 3.20. The van der Waals surface area contributed by atoms with E-state index in [0.29, 0.717) is 24.1 Å². The lowest BCUT2D eigenvalue weighted by Crippen LogP contribution is -2.19. The first-order valence-electron chi connectivity index (χ1n) is 4.65. The summed E-state index contributed by atoms with van der Waals surface area (Å²) in [4.78, 5) is 21.4. The molecule has 15 heavy (non-hydrogen) atoms. The van der Waals surface area contributed by atoms with E-state index >= 15 is 0 Å². The predicted octanol–water partition coefficient (Wildman–Crippen LogP) is 1.79. The number of hydrogen-bond donors (Lipinski definition) is 1. The van der Waals surface area contributed by atoms with Crippen molar-refractivity contribution in [1.82, 2.24) is 0 Å². The van der Waals surface area contributed by atoms with Gasteiger partial charge >= 0.3 is 0 Å². The van der Waals surface area contributed by atoms with E-state index in [1.165, 1.54) is 0 Å². The minimum absolute atomic E-state index is 0.0317. The first kappa shape index (κ1) is 9.64. The molecular formula is C10H10N2O3. The Labute approximate surface area is 86.2 Å². The van der Waals surface area contributed by atoms with Gasteiger partial charge in [-0.2, -0.15) is 0 Å². The highest BCUT2D eigenvalue weighted by Crippen LogP contribution is 2.29. The number of hydrogen-bond acceptors (Lipinski definition) is 3. The third-order valence-electron chi connectivity index (χ3n) is 2.51. The smallest absolute Gasteiger partial charge is 0.272 e. The molecule has 5 nitrogen and oxygen atoms in total. The van der Waals surface area contributed by atoms with Gasteiger partial charge in [0.1, 0.15) is 0 Å². The zero-order chi connectivity index (χ0) is 11.0. The minimum Gasteiger partial charge on any atom is -0.326 e. The van der Waals surface area contributed by atoms with Gasteiger partial charge < -0.3 is 5.32 Å². The van der Waals surface area contributed by atoms with Crippen LogP contribution >= 0.6 is 0 Å². The maximum Gasteiger partial charge on any atom is 0.272 e. The molecule has 1 aromatic rings. The SMILES string of the molecule is Cc1cc2c(cc1[N+](=O)[O-])CCC(=O)N2. The molecule has 0 unspecified atom stereocenters. The highest BCUT2D eigenvalue weighted by Gasteiger charge is 2.20. The van der Waals surface area contributed by atoms with Crippen LogP contribution in [0.15, 0.2) is 12.1 Å². The number of rotatable bonds is 1. The molecule has 0 spiro atoms. The second-order valence-electron chi connectivity index (χ2n) is 3.60. The Morgan fingerprint density at radius 1 is 1.40 bits per heavy atom. The molecule has 78 valence electrons. The molecule has 1 aliphatic heterocycles. The maximum atomic E-state index is 11.1. The molecule has 1 amide bonds. The topological polar surface area (TPSA) is 72.2 Å². The van der Waals surface area contributed by atoms with Gasteiger partial charge in [0.15, 0.2) is 0 Å². The van der Waals surface area contributed by atoms with Crippen molar-refractivity contribution >= 4 is 17.3 Å². The molecule has 0 saturated heterocycles. The number of amides is 1. The average molecular weight is 206 g/mol. The van der Waals surface area contributed by atoms with Crippen LogP contribution in [0.1, 0.15) is 17.5 Å². The molecule has 0 radical (unpaired) electrons.